The van der Waals surface area contributed by atoms with Crippen molar-refractivity contribution in [1.29, 1.82) is 0 Å². The predicted octanol–water partition coefficient (Wildman–Crippen LogP) is 5.26. The van der Waals surface area contributed by atoms with Crippen LogP contribution >= 0.6 is 0 Å². The van der Waals surface area contributed by atoms with Crippen molar-refractivity contribution in [3.05, 3.63) is 75.9 Å². The van der Waals surface area contributed by atoms with E-state index in [1.54, 1.807) is 19.9 Å². The highest BCUT2D eigenvalue weighted by atomic mass is 32.2. The Morgan fingerprint density at radius 3 is 2.64 bits per heavy atom. The van der Waals surface area contributed by atoms with E-state index in [0.29, 0.717) is 30.6 Å². The van der Waals surface area contributed by atoms with Crippen molar-refractivity contribution in [3.63, 3.8) is 0 Å². The monoisotopic (exact) mass is 511 g/mol. The Balaban J connectivity index is 1.55. The zero-order valence-corrected chi connectivity index (χ0v) is 21.7. The van der Waals surface area contributed by atoms with Crippen molar-refractivity contribution >= 4 is 33.8 Å². The van der Waals surface area contributed by atoms with Gasteiger partial charge >= 0.3 is 0 Å². The SMILES string of the molecule is Cc1ccc(C)c(/C=C/c2onc(C)c2S(=O)(=O)N2CCC[C@H](C(=O)Nc3ccc(F)cc3C)C2)c1. The lowest BCUT2D eigenvalue weighted by Crippen LogP contribution is -2.44. The largest absolute Gasteiger partial charge is 0.355 e. The summed E-state index contributed by atoms with van der Waals surface area (Å²) in [6, 6.07) is 10.2. The maximum absolute atomic E-state index is 13.7. The summed E-state index contributed by atoms with van der Waals surface area (Å²) in [6.07, 6.45) is 4.54. The molecule has 1 fully saturated rings. The molecule has 9 heteroatoms. The maximum atomic E-state index is 13.7. The van der Waals surface area contributed by atoms with E-state index in [-0.39, 0.29) is 34.6 Å². The first-order chi connectivity index (χ1) is 17.1. The number of anilines is 1. The third-order valence-corrected chi connectivity index (χ3v) is 8.51. The first kappa shape index (κ1) is 25.8. The second-order valence-electron chi connectivity index (χ2n) is 9.31. The molecule has 3 aromatic rings. The summed E-state index contributed by atoms with van der Waals surface area (Å²) in [5, 5.41) is 6.73. The molecule has 1 aliphatic rings. The highest BCUT2D eigenvalue weighted by molar-refractivity contribution is 7.89. The van der Waals surface area contributed by atoms with Crippen LogP contribution in [-0.4, -0.2) is 36.9 Å². The van der Waals surface area contributed by atoms with Crippen molar-refractivity contribution < 1.29 is 22.1 Å². The van der Waals surface area contributed by atoms with Gasteiger partial charge in [0, 0.05) is 18.8 Å². The molecule has 0 radical (unpaired) electrons. The van der Waals surface area contributed by atoms with E-state index >= 15 is 0 Å². The molecule has 0 aliphatic carbocycles. The van der Waals surface area contributed by atoms with E-state index in [9.17, 15) is 17.6 Å². The van der Waals surface area contributed by atoms with E-state index in [2.05, 4.69) is 10.5 Å². The Labute approximate surface area is 211 Å². The number of halogens is 1. The number of nitrogens with zero attached hydrogens (tertiary/aromatic N) is 2. The van der Waals surface area contributed by atoms with Crippen molar-refractivity contribution in [3.8, 4) is 0 Å². The number of aromatic nitrogens is 1. The summed E-state index contributed by atoms with van der Waals surface area (Å²) < 4.78 is 47.4. The van der Waals surface area contributed by atoms with Gasteiger partial charge in [-0.15, -0.1) is 0 Å². The van der Waals surface area contributed by atoms with Gasteiger partial charge in [-0.25, -0.2) is 12.8 Å². The minimum atomic E-state index is -3.96. The molecule has 0 saturated carbocycles. The molecular formula is C27H30FN3O4S. The Morgan fingerprint density at radius 2 is 1.89 bits per heavy atom. The number of nitrogens with one attached hydrogen (secondary N) is 1. The predicted molar refractivity (Wildman–Crippen MR) is 137 cm³/mol. The Morgan fingerprint density at radius 1 is 1.11 bits per heavy atom. The summed E-state index contributed by atoms with van der Waals surface area (Å²) >= 11 is 0. The van der Waals surface area contributed by atoms with Crippen LogP contribution in [-0.2, 0) is 14.8 Å². The molecule has 1 aromatic heterocycles. The number of benzene rings is 2. The van der Waals surface area contributed by atoms with E-state index in [1.807, 2.05) is 38.1 Å². The molecule has 0 spiro atoms. The number of carbonyl (C=O) groups excluding carboxylic acids is 1. The first-order valence-corrected chi connectivity index (χ1v) is 13.3. The summed E-state index contributed by atoms with van der Waals surface area (Å²) in [5.74, 6) is -1.05. The quantitative estimate of drug-likeness (QED) is 0.488. The smallest absolute Gasteiger partial charge is 0.248 e. The molecule has 0 bridgehead atoms. The maximum Gasteiger partial charge on any atom is 0.248 e. The molecular weight excluding hydrogens is 481 g/mol. The van der Waals surface area contributed by atoms with E-state index in [4.69, 9.17) is 4.52 Å². The summed E-state index contributed by atoms with van der Waals surface area (Å²) in [5.41, 5.74) is 4.48. The molecule has 1 N–H and O–H groups in total. The Hall–Kier alpha value is -3.30. The van der Waals surface area contributed by atoms with E-state index < -0.39 is 15.9 Å². The average molecular weight is 512 g/mol. The van der Waals surface area contributed by atoms with Gasteiger partial charge in [0.15, 0.2) is 10.7 Å². The first-order valence-electron chi connectivity index (χ1n) is 11.8. The molecule has 2 heterocycles. The van der Waals surface area contributed by atoms with Crippen LogP contribution in [0, 0.1) is 39.4 Å². The van der Waals surface area contributed by atoms with Crippen LogP contribution in [0.25, 0.3) is 12.2 Å². The zero-order chi connectivity index (χ0) is 26.0. The van der Waals surface area contributed by atoms with Gasteiger partial charge in [-0.1, -0.05) is 35.0 Å². The van der Waals surface area contributed by atoms with Crippen molar-refractivity contribution in [2.75, 3.05) is 18.4 Å². The number of aryl methyl sites for hydroxylation is 4. The minimum Gasteiger partial charge on any atom is -0.355 e. The van der Waals surface area contributed by atoms with Gasteiger partial charge in [0.05, 0.1) is 5.92 Å². The van der Waals surface area contributed by atoms with Gasteiger partial charge < -0.3 is 9.84 Å². The third kappa shape index (κ3) is 5.42. The minimum absolute atomic E-state index is 0.0134. The molecule has 0 unspecified atom stereocenters. The summed E-state index contributed by atoms with van der Waals surface area (Å²) in [4.78, 5) is 13.0. The van der Waals surface area contributed by atoms with Crippen molar-refractivity contribution in [2.45, 2.75) is 45.4 Å². The zero-order valence-electron chi connectivity index (χ0n) is 20.8. The fraction of sp³-hybridized carbons (Fsp3) is 0.333. The standard InChI is InChI=1S/C27H30FN3O4S/c1-17-7-8-18(2)21(14-17)9-12-25-26(20(4)30-35-25)36(33,34)31-13-5-6-22(16-31)27(32)29-24-11-10-23(28)15-19(24)3/h7-12,14-15,22H,5-6,13,16H2,1-4H3,(H,29,32)/b12-9+/t22-/m0/s1. The fourth-order valence-corrected chi connectivity index (χ4v) is 6.18. The van der Waals surface area contributed by atoms with Crippen LogP contribution in [0.5, 0.6) is 0 Å². The lowest BCUT2D eigenvalue weighted by atomic mass is 9.98. The topological polar surface area (TPSA) is 92.5 Å². The number of piperidine rings is 1. The molecule has 190 valence electrons. The normalized spacial score (nSPS) is 17.0. The summed E-state index contributed by atoms with van der Waals surface area (Å²) in [6.45, 7) is 7.61. The molecule has 1 amide bonds. The second-order valence-corrected chi connectivity index (χ2v) is 11.2. The number of sulfonamides is 1. The molecule has 2 aromatic carbocycles. The lowest BCUT2D eigenvalue weighted by Gasteiger charge is -2.31. The molecule has 1 atom stereocenters. The second kappa shape index (κ2) is 10.4. The van der Waals surface area contributed by atoms with Gasteiger partial charge in [-0.2, -0.15) is 4.31 Å². The fourth-order valence-electron chi connectivity index (χ4n) is 4.41. The van der Waals surface area contributed by atoms with Gasteiger partial charge in [0.2, 0.25) is 15.9 Å². The van der Waals surface area contributed by atoms with Crippen LogP contribution in [0.1, 0.15) is 46.5 Å². The van der Waals surface area contributed by atoms with Gasteiger partial charge in [0.25, 0.3) is 0 Å². The lowest BCUT2D eigenvalue weighted by molar-refractivity contribution is -0.120. The van der Waals surface area contributed by atoms with Gasteiger partial charge in [-0.05, 0) is 81.5 Å². The number of hydrogen-bond donors (Lipinski definition) is 1. The van der Waals surface area contributed by atoms with Crippen molar-refractivity contribution in [1.82, 2.24) is 9.46 Å². The van der Waals surface area contributed by atoms with Crippen LogP contribution < -0.4 is 5.32 Å². The number of carbonyl (C=O) groups is 1. The van der Waals surface area contributed by atoms with E-state index in [1.165, 1.54) is 22.5 Å². The van der Waals surface area contributed by atoms with Crippen molar-refractivity contribution in [2.24, 2.45) is 5.92 Å². The molecule has 36 heavy (non-hydrogen) atoms. The number of rotatable bonds is 6. The molecule has 1 aliphatic heterocycles. The molecule has 4 rings (SSSR count). The van der Waals surface area contributed by atoms with Crippen LogP contribution in [0.4, 0.5) is 10.1 Å². The summed E-state index contributed by atoms with van der Waals surface area (Å²) in [7, 11) is -3.96. The molecule has 1 saturated heterocycles. The average Bonchev–Trinajstić information content (AvgIpc) is 3.22. The van der Waals surface area contributed by atoms with Crippen LogP contribution in [0.15, 0.2) is 45.8 Å². The van der Waals surface area contributed by atoms with Crippen LogP contribution in [0.3, 0.4) is 0 Å². The van der Waals surface area contributed by atoms with E-state index in [0.717, 1.165) is 16.7 Å². The molecule has 7 nitrogen and oxygen atoms in total. The van der Waals surface area contributed by atoms with Crippen LogP contribution in [0.2, 0.25) is 0 Å². The Kier molecular flexibility index (Phi) is 7.42. The number of amides is 1. The van der Waals surface area contributed by atoms with Gasteiger partial charge in [0.1, 0.15) is 11.5 Å². The number of hydrogen-bond acceptors (Lipinski definition) is 5. The highest BCUT2D eigenvalue weighted by Crippen LogP contribution is 2.30. The highest BCUT2D eigenvalue weighted by Gasteiger charge is 2.37. The third-order valence-electron chi connectivity index (χ3n) is 6.48. The Bertz CT molecular complexity index is 1430. The van der Waals surface area contributed by atoms with Gasteiger partial charge in [-0.3, -0.25) is 4.79 Å².